The first-order valence-corrected chi connectivity index (χ1v) is 11.4. The van der Waals surface area contributed by atoms with Crippen molar-refractivity contribution in [2.24, 2.45) is 0 Å². The minimum Gasteiger partial charge on any atom is -0.494 e. The zero-order valence-corrected chi connectivity index (χ0v) is 18.9. The normalized spacial score (nSPS) is 10.4. The molecule has 34 heavy (non-hydrogen) atoms. The average Bonchev–Trinajstić information content (AvgIpc) is 2.88. The van der Waals surface area contributed by atoms with E-state index in [9.17, 15) is 4.79 Å². The number of aryl methyl sites for hydroxylation is 1. The number of anilines is 2. The summed E-state index contributed by atoms with van der Waals surface area (Å²) in [5.41, 5.74) is 2.85. The van der Waals surface area contributed by atoms with Gasteiger partial charge in [0.05, 0.1) is 13.2 Å². The first kappa shape index (κ1) is 22.9. The van der Waals surface area contributed by atoms with E-state index >= 15 is 0 Å². The number of nitrogens with one attached hydrogen (secondary N) is 2. The molecule has 4 aromatic carbocycles. The molecule has 5 nitrogen and oxygen atoms in total. The highest BCUT2D eigenvalue weighted by molar-refractivity contribution is 5.93. The van der Waals surface area contributed by atoms with E-state index in [0.29, 0.717) is 12.3 Å². The molecule has 0 bridgehead atoms. The summed E-state index contributed by atoms with van der Waals surface area (Å²) in [4.78, 5) is 12.4. The van der Waals surface area contributed by atoms with Crippen LogP contribution >= 0.6 is 0 Å². The maximum absolute atomic E-state index is 12.4. The second-order valence-electron chi connectivity index (χ2n) is 7.81. The van der Waals surface area contributed by atoms with E-state index in [1.807, 2.05) is 97.1 Å². The van der Waals surface area contributed by atoms with Crippen molar-refractivity contribution in [2.45, 2.75) is 12.8 Å². The summed E-state index contributed by atoms with van der Waals surface area (Å²) in [7, 11) is 0. The molecule has 172 valence electrons. The SMILES string of the molecule is O=C(CNc1ccc(Oc2ccccc2)cc1)Nc1cccc(OCCCc2ccccc2)c1. The van der Waals surface area contributed by atoms with Crippen molar-refractivity contribution in [2.75, 3.05) is 23.8 Å². The number of rotatable bonds is 11. The average molecular weight is 453 g/mol. The van der Waals surface area contributed by atoms with Crippen LogP contribution < -0.4 is 20.1 Å². The van der Waals surface area contributed by atoms with Gasteiger partial charge in [-0.1, -0.05) is 54.6 Å². The van der Waals surface area contributed by atoms with Crippen molar-refractivity contribution in [1.82, 2.24) is 0 Å². The number of hydrogen-bond donors (Lipinski definition) is 2. The molecule has 2 N–H and O–H groups in total. The molecule has 0 heterocycles. The van der Waals surface area contributed by atoms with Gasteiger partial charge in [0.1, 0.15) is 17.2 Å². The zero-order valence-electron chi connectivity index (χ0n) is 18.9. The van der Waals surface area contributed by atoms with Crippen LogP contribution in [0.25, 0.3) is 0 Å². The molecule has 0 aliphatic rings. The van der Waals surface area contributed by atoms with Crippen LogP contribution in [0.3, 0.4) is 0 Å². The molecule has 0 fully saturated rings. The van der Waals surface area contributed by atoms with E-state index in [0.717, 1.165) is 35.8 Å². The van der Waals surface area contributed by atoms with Crippen molar-refractivity contribution < 1.29 is 14.3 Å². The Labute approximate surface area is 200 Å². The van der Waals surface area contributed by atoms with Crippen molar-refractivity contribution >= 4 is 17.3 Å². The van der Waals surface area contributed by atoms with Crippen molar-refractivity contribution in [1.29, 1.82) is 0 Å². The molecule has 1 amide bonds. The van der Waals surface area contributed by atoms with Crippen molar-refractivity contribution in [3.8, 4) is 17.2 Å². The second kappa shape index (κ2) is 12.1. The first-order valence-electron chi connectivity index (χ1n) is 11.4. The van der Waals surface area contributed by atoms with Gasteiger partial charge >= 0.3 is 0 Å². The number of carbonyl (C=O) groups is 1. The van der Waals surface area contributed by atoms with Crippen LogP contribution in [0.5, 0.6) is 17.2 Å². The summed E-state index contributed by atoms with van der Waals surface area (Å²) in [5, 5.41) is 6.04. The molecule has 4 aromatic rings. The zero-order chi connectivity index (χ0) is 23.4. The molecule has 0 saturated carbocycles. The molecule has 0 unspecified atom stereocenters. The number of ether oxygens (including phenoxy) is 2. The maximum atomic E-state index is 12.4. The van der Waals surface area contributed by atoms with E-state index in [1.54, 1.807) is 0 Å². The Hall–Kier alpha value is -4.25. The quantitative estimate of drug-likeness (QED) is 0.254. The lowest BCUT2D eigenvalue weighted by atomic mass is 10.1. The predicted octanol–water partition coefficient (Wildman–Crippen LogP) is 6.54. The van der Waals surface area contributed by atoms with Gasteiger partial charge in [0.25, 0.3) is 0 Å². The largest absolute Gasteiger partial charge is 0.494 e. The van der Waals surface area contributed by atoms with Crippen LogP contribution in [0, 0.1) is 0 Å². The van der Waals surface area contributed by atoms with Crippen LogP contribution in [0.15, 0.2) is 109 Å². The lowest BCUT2D eigenvalue weighted by Gasteiger charge is -2.11. The van der Waals surface area contributed by atoms with Gasteiger partial charge in [-0.15, -0.1) is 0 Å². The highest BCUT2D eigenvalue weighted by atomic mass is 16.5. The highest BCUT2D eigenvalue weighted by Gasteiger charge is 2.05. The standard InChI is InChI=1S/C29H28N2O3/c32-29(22-30-24-16-18-27(19-17-24)34-26-13-5-2-6-14-26)31-25-12-7-15-28(21-25)33-20-8-11-23-9-3-1-4-10-23/h1-7,9-10,12-19,21,30H,8,11,20,22H2,(H,31,32). The Balaban J connectivity index is 1.19. The van der Waals surface area contributed by atoms with Crippen LogP contribution in [0.2, 0.25) is 0 Å². The number of benzene rings is 4. The summed E-state index contributed by atoms with van der Waals surface area (Å²) in [6.07, 6.45) is 1.90. The predicted molar refractivity (Wildman–Crippen MR) is 137 cm³/mol. The molecular formula is C29H28N2O3. The van der Waals surface area contributed by atoms with E-state index < -0.39 is 0 Å². The fraction of sp³-hybridized carbons (Fsp3) is 0.138. The van der Waals surface area contributed by atoms with E-state index in [4.69, 9.17) is 9.47 Å². The van der Waals surface area contributed by atoms with Crippen LogP contribution in [-0.4, -0.2) is 19.1 Å². The van der Waals surface area contributed by atoms with E-state index in [1.165, 1.54) is 5.56 Å². The Morgan fingerprint density at radius 2 is 1.35 bits per heavy atom. The van der Waals surface area contributed by atoms with Gasteiger partial charge < -0.3 is 20.1 Å². The minimum atomic E-state index is -0.133. The smallest absolute Gasteiger partial charge is 0.243 e. The molecule has 0 radical (unpaired) electrons. The molecule has 0 spiro atoms. The van der Waals surface area contributed by atoms with E-state index in [2.05, 4.69) is 22.8 Å². The van der Waals surface area contributed by atoms with Crippen molar-refractivity contribution in [3.63, 3.8) is 0 Å². The van der Waals surface area contributed by atoms with Gasteiger partial charge in [-0.05, 0) is 66.9 Å². The molecule has 0 atom stereocenters. The Morgan fingerprint density at radius 3 is 2.12 bits per heavy atom. The summed E-state index contributed by atoms with van der Waals surface area (Å²) in [6.45, 7) is 0.777. The fourth-order valence-corrected chi connectivity index (χ4v) is 3.43. The van der Waals surface area contributed by atoms with Gasteiger partial charge in [0.15, 0.2) is 0 Å². The maximum Gasteiger partial charge on any atom is 0.243 e. The monoisotopic (exact) mass is 452 g/mol. The topological polar surface area (TPSA) is 59.6 Å². The Morgan fingerprint density at radius 1 is 0.676 bits per heavy atom. The highest BCUT2D eigenvalue weighted by Crippen LogP contribution is 2.22. The van der Waals surface area contributed by atoms with Crippen molar-refractivity contribution in [3.05, 3.63) is 115 Å². The number of amides is 1. The summed E-state index contributed by atoms with van der Waals surface area (Å²) >= 11 is 0. The van der Waals surface area contributed by atoms with E-state index in [-0.39, 0.29) is 12.5 Å². The second-order valence-corrected chi connectivity index (χ2v) is 7.81. The third kappa shape index (κ3) is 7.41. The van der Waals surface area contributed by atoms with Gasteiger partial charge in [0, 0.05) is 17.4 Å². The molecule has 0 saturated heterocycles. The number of hydrogen-bond acceptors (Lipinski definition) is 4. The summed E-state index contributed by atoms with van der Waals surface area (Å²) in [6, 6.07) is 34.9. The van der Waals surface area contributed by atoms with Gasteiger partial charge in [-0.25, -0.2) is 0 Å². The third-order valence-corrected chi connectivity index (χ3v) is 5.13. The third-order valence-electron chi connectivity index (χ3n) is 5.13. The Bertz CT molecular complexity index is 1160. The molecule has 4 rings (SSSR count). The fourth-order valence-electron chi connectivity index (χ4n) is 3.43. The van der Waals surface area contributed by atoms with Crippen LogP contribution in [-0.2, 0) is 11.2 Å². The van der Waals surface area contributed by atoms with Crippen LogP contribution in [0.1, 0.15) is 12.0 Å². The summed E-state index contributed by atoms with van der Waals surface area (Å²) < 4.78 is 11.6. The van der Waals surface area contributed by atoms with Gasteiger partial charge in [-0.2, -0.15) is 0 Å². The molecule has 0 aromatic heterocycles. The minimum absolute atomic E-state index is 0.133. The summed E-state index contributed by atoms with van der Waals surface area (Å²) in [5.74, 6) is 2.13. The number of para-hydroxylation sites is 1. The Kier molecular flexibility index (Phi) is 8.17. The molecule has 0 aliphatic heterocycles. The first-order chi connectivity index (χ1) is 16.7. The lowest BCUT2D eigenvalue weighted by Crippen LogP contribution is -2.21. The molecule has 5 heteroatoms. The number of carbonyl (C=O) groups excluding carboxylic acids is 1. The van der Waals surface area contributed by atoms with Gasteiger partial charge in [0.2, 0.25) is 5.91 Å². The van der Waals surface area contributed by atoms with Crippen LogP contribution in [0.4, 0.5) is 11.4 Å². The molecular weight excluding hydrogens is 424 g/mol. The van der Waals surface area contributed by atoms with Gasteiger partial charge in [-0.3, -0.25) is 4.79 Å². The lowest BCUT2D eigenvalue weighted by molar-refractivity contribution is -0.114. The molecule has 0 aliphatic carbocycles.